The van der Waals surface area contributed by atoms with Gasteiger partial charge in [-0.05, 0) is 30.7 Å². The lowest BCUT2D eigenvalue weighted by Crippen LogP contribution is -2.38. The molecule has 3 rings (SSSR count). The molecule has 0 bridgehead atoms. The average Bonchev–Trinajstić information content (AvgIpc) is 2.58. The Morgan fingerprint density at radius 1 is 1.23 bits per heavy atom. The van der Waals surface area contributed by atoms with Crippen LogP contribution in [0.4, 0.5) is 0 Å². The lowest BCUT2D eigenvalue weighted by atomic mass is 9.68. The van der Waals surface area contributed by atoms with Crippen LogP contribution in [0.2, 0.25) is 0 Å². The van der Waals surface area contributed by atoms with Crippen LogP contribution in [-0.2, 0) is 14.3 Å². The summed E-state index contributed by atoms with van der Waals surface area (Å²) in [7, 11) is 0. The van der Waals surface area contributed by atoms with Crippen molar-refractivity contribution < 1.29 is 14.3 Å². The molecule has 2 aliphatic rings. The van der Waals surface area contributed by atoms with E-state index in [2.05, 4.69) is 19.2 Å². The topological polar surface area (TPSA) is 55.4 Å². The van der Waals surface area contributed by atoms with Gasteiger partial charge in [-0.15, -0.1) is 0 Å². The Bertz CT molecular complexity index is 787. The Labute approximate surface area is 155 Å². The van der Waals surface area contributed by atoms with E-state index in [1.54, 1.807) is 0 Å². The first-order valence-electron chi connectivity index (χ1n) is 9.30. The highest BCUT2D eigenvalue weighted by Crippen LogP contribution is 2.46. The number of ether oxygens (including phenoxy) is 1. The van der Waals surface area contributed by atoms with Gasteiger partial charge in [-0.3, -0.25) is 4.79 Å². The molecule has 0 spiro atoms. The van der Waals surface area contributed by atoms with Crippen LogP contribution in [0.15, 0.2) is 52.9 Å². The molecular weight excluding hydrogens is 326 g/mol. The SMILES string of the molecule is CCCOC(=O)C1=C(C)NC2=C(C(=O)CC(C)(C)C2)C1c1ccccc1. The highest BCUT2D eigenvalue weighted by Gasteiger charge is 2.42. The number of dihydropyridines is 1. The largest absolute Gasteiger partial charge is 0.462 e. The monoisotopic (exact) mass is 353 g/mol. The smallest absolute Gasteiger partial charge is 0.336 e. The summed E-state index contributed by atoms with van der Waals surface area (Å²) in [6.07, 6.45) is 2.06. The number of hydrogen-bond donors (Lipinski definition) is 1. The molecule has 4 heteroatoms. The van der Waals surface area contributed by atoms with Gasteiger partial charge in [-0.25, -0.2) is 4.79 Å². The van der Waals surface area contributed by atoms with Gasteiger partial charge < -0.3 is 10.1 Å². The van der Waals surface area contributed by atoms with E-state index in [0.29, 0.717) is 18.6 Å². The normalized spacial score (nSPS) is 22.0. The maximum atomic E-state index is 13.0. The molecule has 4 nitrogen and oxygen atoms in total. The van der Waals surface area contributed by atoms with Crippen molar-refractivity contribution in [3.8, 4) is 0 Å². The van der Waals surface area contributed by atoms with Gasteiger partial charge in [0.2, 0.25) is 0 Å². The molecular formula is C22H27NO3. The van der Waals surface area contributed by atoms with Gasteiger partial charge in [0.25, 0.3) is 0 Å². The van der Waals surface area contributed by atoms with Crippen LogP contribution in [0.25, 0.3) is 0 Å². The minimum absolute atomic E-state index is 0.0787. The zero-order chi connectivity index (χ0) is 18.9. The fraction of sp³-hybridized carbons (Fsp3) is 0.455. The molecule has 1 aliphatic heterocycles. The quantitative estimate of drug-likeness (QED) is 0.823. The van der Waals surface area contributed by atoms with Crippen LogP contribution >= 0.6 is 0 Å². The maximum Gasteiger partial charge on any atom is 0.336 e. The van der Waals surface area contributed by atoms with E-state index in [1.807, 2.05) is 44.2 Å². The van der Waals surface area contributed by atoms with E-state index in [0.717, 1.165) is 35.4 Å². The Kier molecular flexibility index (Phi) is 5.03. The molecule has 0 saturated carbocycles. The fourth-order valence-corrected chi connectivity index (χ4v) is 3.96. The lowest BCUT2D eigenvalue weighted by molar-refractivity contribution is -0.139. The van der Waals surface area contributed by atoms with Crippen molar-refractivity contribution in [2.75, 3.05) is 6.61 Å². The maximum absolute atomic E-state index is 13.0. The van der Waals surface area contributed by atoms with Gasteiger partial charge in [0.15, 0.2) is 5.78 Å². The Hall–Kier alpha value is -2.36. The number of esters is 1. The summed E-state index contributed by atoms with van der Waals surface area (Å²) in [4.78, 5) is 25.8. The number of benzene rings is 1. The van der Waals surface area contributed by atoms with E-state index in [4.69, 9.17) is 4.74 Å². The third-order valence-corrected chi connectivity index (χ3v) is 5.03. The molecule has 0 aromatic heterocycles. The Balaban J connectivity index is 2.11. The van der Waals surface area contributed by atoms with Crippen LogP contribution < -0.4 is 5.32 Å². The van der Waals surface area contributed by atoms with Crippen LogP contribution in [0, 0.1) is 5.41 Å². The molecule has 26 heavy (non-hydrogen) atoms. The first-order valence-corrected chi connectivity index (χ1v) is 9.30. The molecule has 1 aromatic carbocycles. The second-order valence-electron chi connectivity index (χ2n) is 7.98. The van der Waals surface area contributed by atoms with Crippen LogP contribution in [0.5, 0.6) is 0 Å². The summed E-state index contributed by atoms with van der Waals surface area (Å²) < 4.78 is 5.44. The van der Waals surface area contributed by atoms with Crippen molar-refractivity contribution in [2.24, 2.45) is 5.41 Å². The molecule has 1 atom stereocenters. The second kappa shape index (κ2) is 7.10. The lowest BCUT2D eigenvalue weighted by Gasteiger charge is -2.39. The summed E-state index contributed by atoms with van der Waals surface area (Å²) in [6.45, 7) is 8.46. The summed E-state index contributed by atoms with van der Waals surface area (Å²) >= 11 is 0. The van der Waals surface area contributed by atoms with E-state index in [9.17, 15) is 9.59 Å². The van der Waals surface area contributed by atoms with Crippen LogP contribution in [0.3, 0.4) is 0 Å². The molecule has 0 amide bonds. The van der Waals surface area contributed by atoms with Crippen molar-refractivity contribution in [3.63, 3.8) is 0 Å². The molecule has 0 radical (unpaired) electrons. The van der Waals surface area contributed by atoms with Crippen molar-refractivity contribution in [2.45, 2.75) is 52.9 Å². The third-order valence-electron chi connectivity index (χ3n) is 5.03. The predicted molar refractivity (Wildman–Crippen MR) is 101 cm³/mol. The number of ketones is 1. The van der Waals surface area contributed by atoms with Gasteiger partial charge in [0, 0.05) is 29.3 Å². The van der Waals surface area contributed by atoms with Crippen LogP contribution in [0.1, 0.15) is 58.4 Å². The molecule has 0 fully saturated rings. The highest BCUT2D eigenvalue weighted by molar-refractivity contribution is 6.04. The Morgan fingerprint density at radius 3 is 2.58 bits per heavy atom. The van der Waals surface area contributed by atoms with Gasteiger partial charge >= 0.3 is 5.97 Å². The Morgan fingerprint density at radius 2 is 1.92 bits per heavy atom. The standard InChI is InChI=1S/C22H27NO3/c1-5-11-26-21(25)18-14(2)23-16-12-22(3,4)13-17(24)20(16)19(18)15-9-7-6-8-10-15/h6-10,19,23H,5,11-13H2,1-4H3. The predicted octanol–water partition coefficient (Wildman–Crippen LogP) is 4.24. The van der Waals surface area contributed by atoms with E-state index < -0.39 is 0 Å². The minimum Gasteiger partial charge on any atom is -0.462 e. The molecule has 1 aromatic rings. The highest BCUT2D eigenvalue weighted by atomic mass is 16.5. The van der Waals surface area contributed by atoms with Crippen molar-refractivity contribution >= 4 is 11.8 Å². The van der Waals surface area contributed by atoms with E-state index >= 15 is 0 Å². The van der Waals surface area contributed by atoms with E-state index in [1.165, 1.54) is 0 Å². The number of rotatable bonds is 4. The number of carbonyl (C=O) groups is 2. The minimum atomic E-state index is -0.361. The first-order chi connectivity index (χ1) is 12.3. The molecule has 1 N–H and O–H groups in total. The summed E-state index contributed by atoms with van der Waals surface area (Å²) in [5.74, 6) is -0.582. The van der Waals surface area contributed by atoms with Gasteiger partial charge in [-0.2, -0.15) is 0 Å². The molecule has 138 valence electrons. The number of Topliss-reactive ketones (excluding diaryl/α,β-unsaturated/α-hetero) is 1. The molecule has 1 unspecified atom stereocenters. The van der Waals surface area contributed by atoms with Gasteiger partial charge in [-0.1, -0.05) is 51.1 Å². The zero-order valence-electron chi connectivity index (χ0n) is 16.0. The van der Waals surface area contributed by atoms with Crippen molar-refractivity contribution in [3.05, 3.63) is 58.4 Å². The molecule has 0 saturated heterocycles. The molecule has 1 aliphatic carbocycles. The van der Waals surface area contributed by atoms with Gasteiger partial charge in [0.1, 0.15) is 0 Å². The number of nitrogens with one attached hydrogen (secondary N) is 1. The first kappa shape index (κ1) is 18.4. The molecule has 1 heterocycles. The zero-order valence-corrected chi connectivity index (χ0v) is 16.0. The van der Waals surface area contributed by atoms with Crippen LogP contribution in [-0.4, -0.2) is 18.4 Å². The van der Waals surface area contributed by atoms with Crippen molar-refractivity contribution in [1.29, 1.82) is 0 Å². The number of hydrogen-bond acceptors (Lipinski definition) is 4. The third kappa shape index (κ3) is 3.46. The average molecular weight is 353 g/mol. The fourth-order valence-electron chi connectivity index (χ4n) is 3.96. The number of allylic oxidation sites excluding steroid dienone is 3. The van der Waals surface area contributed by atoms with Crippen molar-refractivity contribution in [1.82, 2.24) is 5.32 Å². The summed E-state index contributed by atoms with van der Waals surface area (Å²) in [5.41, 5.74) is 3.89. The number of carbonyl (C=O) groups excluding carboxylic acids is 2. The summed E-state index contributed by atoms with van der Waals surface area (Å²) in [5, 5.41) is 3.35. The second-order valence-corrected chi connectivity index (χ2v) is 7.98. The summed E-state index contributed by atoms with van der Waals surface area (Å²) in [6, 6.07) is 9.79. The van der Waals surface area contributed by atoms with Gasteiger partial charge in [0.05, 0.1) is 12.2 Å². The van der Waals surface area contributed by atoms with E-state index in [-0.39, 0.29) is 23.1 Å².